The van der Waals surface area contributed by atoms with Gasteiger partial charge in [0.2, 0.25) is 0 Å². The van der Waals surface area contributed by atoms with Crippen LogP contribution in [0.2, 0.25) is 5.02 Å². The van der Waals surface area contributed by atoms with Crippen LogP contribution in [0.25, 0.3) is 0 Å². The Labute approximate surface area is 136 Å². The van der Waals surface area contributed by atoms with Crippen molar-refractivity contribution in [2.45, 2.75) is 90.4 Å². The van der Waals surface area contributed by atoms with Crippen molar-refractivity contribution < 1.29 is 0 Å². The van der Waals surface area contributed by atoms with Gasteiger partial charge in [-0.25, -0.2) is 0 Å². The van der Waals surface area contributed by atoms with E-state index in [-0.39, 0.29) is 0 Å². The van der Waals surface area contributed by atoms with Crippen LogP contribution in [0.5, 0.6) is 0 Å². The molecule has 0 aliphatic heterocycles. The van der Waals surface area contributed by atoms with Crippen molar-refractivity contribution in [3.8, 4) is 0 Å². The molecule has 1 rings (SSSR count). The zero-order chi connectivity index (χ0) is 15.3. The minimum Gasteiger partial charge on any atom is -0.259 e. The molecule has 0 fully saturated rings. The van der Waals surface area contributed by atoms with Gasteiger partial charge in [-0.2, -0.15) is 0 Å². The highest BCUT2D eigenvalue weighted by Crippen LogP contribution is 2.28. The van der Waals surface area contributed by atoms with Crippen LogP contribution in [-0.4, -0.2) is 4.98 Å². The molecule has 2 heteroatoms. The number of rotatable bonds is 12. The molecule has 120 valence electrons. The average Bonchev–Trinajstić information content (AvgIpc) is 2.50. The van der Waals surface area contributed by atoms with Gasteiger partial charge in [-0.3, -0.25) is 4.98 Å². The number of pyridine rings is 1. The molecule has 1 aromatic heterocycles. The lowest BCUT2D eigenvalue weighted by Crippen LogP contribution is -2.02. The smallest absolute Gasteiger partial charge is 0.0589 e. The third-order valence-electron chi connectivity index (χ3n) is 4.23. The number of hydrogen-bond donors (Lipinski definition) is 0. The highest BCUT2D eigenvalue weighted by Gasteiger charge is 2.12. The molecule has 1 unspecified atom stereocenters. The summed E-state index contributed by atoms with van der Waals surface area (Å²) in [5.74, 6) is 0.626. The molecule has 0 aromatic carbocycles. The Kier molecular flexibility index (Phi) is 10.6. The molecule has 1 nitrogen and oxygen atoms in total. The Bertz CT molecular complexity index is 347. The minimum atomic E-state index is 0.626. The summed E-state index contributed by atoms with van der Waals surface area (Å²) in [6, 6.07) is 4.11. The van der Waals surface area contributed by atoms with Gasteiger partial charge in [0.25, 0.3) is 0 Å². The first kappa shape index (κ1) is 18.5. The molecule has 0 spiro atoms. The van der Waals surface area contributed by atoms with Crippen molar-refractivity contribution in [2.75, 3.05) is 0 Å². The van der Waals surface area contributed by atoms with E-state index in [1.54, 1.807) is 6.20 Å². The molecule has 21 heavy (non-hydrogen) atoms. The molecule has 0 saturated heterocycles. The molecular weight excluding hydrogens is 278 g/mol. The van der Waals surface area contributed by atoms with Crippen molar-refractivity contribution in [3.05, 3.63) is 29.0 Å². The van der Waals surface area contributed by atoms with Gasteiger partial charge in [0.1, 0.15) is 0 Å². The fraction of sp³-hybridized carbons (Fsp3) is 0.737. The zero-order valence-electron chi connectivity index (χ0n) is 13.9. The van der Waals surface area contributed by atoms with E-state index in [2.05, 4.69) is 24.9 Å². The van der Waals surface area contributed by atoms with Crippen molar-refractivity contribution >= 4 is 11.6 Å². The maximum absolute atomic E-state index is 5.96. The van der Waals surface area contributed by atoms with Crippen molar-refractivity contribution in [1.82, 2.24) is 4.98 Å². The number of halogens is 1. The van der Waals surface area contributed by atoms with Gasteiger partial charge in [0, 0.05) is 17.8 Å². The Morgan fingerprint density at radius 3 is 1.95 bits per heavy atom. The van der Waals surface area contributed by atoms with Crippen molar-refractivity contribution in [2.24, 2.45) is 0 Å². The third kappa shape index (κ3) is 8.46. The van der Waals surface area contributed by atoms with Crippen molar-refractivity contribution in [1.29, 1.82) is 0 Å². The van der Waals surface area contributed by atoms with Gasteiger partial charge >= 0.3 is 0 Å². The van der Waals surface area contributed by atoms with Gasteiger partial charge in [0.05, 0.1) is 5.02 Å². The van der Waals surface area contributed by atoms with Gasteiger partial charge in [-0.15, -0.1) is 0 Å². The van der Waals surface area contributed by atoms with E-state index in [1.807, 2.05) is 6.07 Å². The number of aromatic nitrogens is 1. The number of unbranched alkanes of at least 4 members (excludes halogenated alkanes) is 7. The topological polar surface area (TPSA) is 12.9 Å². The second kappa shape index (κ2) is 12.0. The predicted molar refractivity (Wildman–Crippen MR) is 94.1 cm³/mol. The lowest BCUT2D eigenvalue weighted by atomic mass is 9.91. The predicted octanol–water partition coefficient (Wildman–Crippen LogP) is 7.15. The maximum atomic E-state index is 5.96. The van der Waals surface area contributed by atoms with Crippen molar-refractivity contribution in [3.63, 3.8) is 0 Å². The summed E-state index contributed by atoms with van der Waals surface area (Å²) in [6.45, 7) is 4.54. The summed E-state index contributed by atoms with van der Waals surface area (Å²) in [5, 5.41) is 0.742. The Morgan fingerprint density at radius 2 is 1.43 bits per heavy atom. The quantitative estimate of drug-likeness (QED) is 0.373. The van der Waals surface area contributed by atoms with Crippen LogP contribution in [0, 0.1) is 0 Å². The van der Waals surface area contributed by atoms with E-state index in [4.69, 9.17) is 11.6 Å². The van der Waals surface area contributed by atoms with Gasteiger partial charge < -0.3 is 0 Å². The highest BCUT2D eigenvalue weighted by molar-refractivity contribution is 6.30. The first-order chi connectivity index (χ1) is 10.3. The van der Waals surface area contributed by atoms with Crippen LogP contribution < -0.4 is 0 Å². The van der Waals surface area contributed by atoms with Gasteiger partial charge in [-0.05, 0) is 25.0 Å². The molecule has 0 aliphatic carbocycles. The molecule has 1 aromatic rings. The summed E-state index contributed by atoms with van der Waals surface area (Å²) >= 11 is 5.96. The minimum absolute atomic E-state index is 0.626. The normalized spacial score (nSPS) is 12.5. The molecule has 1 heterocycles. The van der Waals surface area contributed by atoms with Crippen LogP contribution in [0.4, 0.5) is 0 Å². The van der Waals surface area contributed by atoms with Crippen LogP contribution in [0.15, 0.2) is 18.3 Å². The fourth-order valence-electron chi connectivity index (χ4n) is 2.88. The molecule has 0 radical (unpaired) electrons. The molecule has 0 saturated carbocycles. The second-order valence-electron chi connectivity index (χ2n) is 6.15. The summed E-state index contributed by atoms with van der Waals surface area (Å²) in [6.07, 6.45) is 16.5. The third-order valence-corrected chi connectivity index (χ3v) is 4.45. The molecule has 0 aliphatic rings. The largest absolute Gasteiger partial charge is 0.259 e. The summed E-state index contributed by atoms with van der Waals surface area (Å²) < 4.78 is 0. The lowest BCUT2D eigenvalue weighted by molar-refractivity contribution is 0.486. The average molecular weight is 310 g/mol. The summed E-state index contributed by atoms with van der Waals surface area (Å²) in [7, 11) is 0. The molecule has 0 N–H and O–H groups in total. The van der Waals surface area contributed by atoms with E-state index in [1.165, 1.54) is 76.3 Å². The van der Waals surface area contributed by atoms with Crippen LogP contribution >= 0.6 is 11.6 Å². The highest BCUT2D eigenvalue weighted by atomic mass is 35.5. The van der Waals surface area contributed by atoms with E-state index in [9.17, 15) is 0 Å². The Hall–Kier alpha value is -0.560. The monoisotopic (exact) mass is 309 g/mol. The van der Waals surface area contributed by atoms with E-state index < -0.39 is 0 Å². The summed E-state index contributed by atoms with van der Waals surface area (Å²) in [4.78, 5) is 4.56. The Balaban J connectivity index is 2.43. The van der Waals surface area contributed by atoms with Crippen LogP contribution in [0.1, 0.15) is 96.1 Å². The molecule has 1 atom stereocenters. The van der Waals surface area contributed by atoms with E-state index in [0.717, 1.165) is 5.02 Å². The zero-order valence-corrected chi connectivity index (χ0v) is 14.7. The summed E-state index contributed by atoms with van der Waals surface area (Å²) in [5.41, 5.74) is 1.24. The van der Waals surface area contributed by atoms with Gasteiger partial charge in [0.15, 0.2) is 0 Å². The van der Waals surface area contributed by atoms with E-state index >= 15 is 0 Å². The standard InChI is InChI=1S/C19H32ClN/c1-3-5-7-9-11-13-17(12-10-8-6-4-2)19-15-14-18(20)16-21-19/h14-17H,3-13H2,1-2H3. The first-order valence-corrected chi connectivity index (χ1v) is 9.27. The molecule has 0 bridgehead atoms. The fourth-order valence-corrected chi connectivity index (χ4v) is 2.99. The molecule has 0 amide bonds. The first-order valence-electron chi connectivity index (χ1n) is 8.89. The van der Waals surface area contributed by atoms with Crippen LogP contribution in [-0.2, 0) is 0 Å². The maximum Gasteiger partial charge on any atom is 0.0589 e. The molecular formula is C19H32ClN. The van der Waals surface area contributed by atoms with Gasteiger partial charge in [-0.1, -0.05) is 83.2 Å². The van der Waals surface area contributed by atoms with Crippen LogP contribution in [0.3, 0.4) is 0 Å². The lowest BCUT2D eigenvalue weighted by Gasteiger charge is -2.16. The SMILES string of the molecule is CCCCCCCC(CCCCCC)c1ccc(Cl)cn1. The Morgan fingerprint density at radius 1 is 0.857 bits per heavy atom. The second-order valence-corrected chi connectivity index (χ2v) is 6.59. The number of nitrogens with zero attached hydrogens (tertiary/aromatic N) is 1. The van der Waals surface area contributed by atoms with E-state index in [0.29, 0.717) is 5.92 Å². The number of hydrogen-bond acceptors (Lipinski definition) is 1.